The maximum Gasteiger partial charge on any atom is 0.223 e. The highest BCUT2D eigenvalue weighted by atomic mass is 16.2. The molecule has 0 aromatic rings. The monoisotopic (exact) mass is 255 g/mol. The molecule has 0 spiro atoms. The lowest BCUT2D eigenvalue weighted by molar-refractivity contribution is -0.135. The summed E-state index contributed by atoms with van der Waals surface area (Å²) in [5, 5.41) is 0. The number of carbonyl (C=O) groups excluding carboxylic acids is 1. The molecule has 18 heavy (non-hydrogen) atoms. The number of amides is 1. The lowest BCUT2D eigenvalue weighted by atomic mass is 9.66. The van der Waals surface area contributed by atoms with Crippen LogP contribution in [-0.4, -0.2) is 56.0 Å². The first-order chi connectivity index (χ1) is 8.53. The smallest absolute Gasteiger partial charge is 0.223 e. The summed E-state index contributed by atoms with van der Waals surface area (Å²) in [4.78, 5) is 16.5. The Morgan fingerprint density at radius 2 is 1.89 bits per heavy atom. The lowest BCUT2D eigenvalue weighted by Gasteiger charge is -2.41. The number of nitrogens with two attached hydrogens (primary N) is 1. The van der Waals surface area contributed by atoms with Crippen molar-refractivity contribution in [1.29, 1.82) is 0 Å². The van der Waals surface area contributed by atoms with Crippen LogP contribution in [0.25, 0.3) is 0 Å². The molecule has 2 N–H and O–H groups in total. The van der Waals surface area contributed by atoms with Gasteiger partial charge < -0.3 is 15.5 Å². The van der Waals surface area contributed by atoms with E-state index in [0.29, 0.717) is 18.9 Å². The van der Waals surface area contributed by atoms with E-state index in [1.54, 1.807) is 0 Å². The van der Waals surface area contributed by atoms with Gasteiger partial charge in [-0.1, -0.05) is 13.3 Å². The van der Waals surface area contributed by atoms with Crippen molar-refractivity contribution in [3.63, 3.8) is 0 Å². The highest BCUT2D eigenvalue weighted by molar-refractivity contribution is 5.77. The minimum Gasteiger partial charge on any atom is -0.341 e. The summed E-state index contributed by atoms with van der Waals surface area (Å²) in [6.45, 7) is 5.42. The molecule has 1 aliphatic rings. The highest BCUT2D eigenvalue weighted by Gasteiger charge is 2.38. The average molecular weight is 255 g/mol. The summed E-state index contributed by atoms with van der Waals surface area (Å²) in [5.74, 6) is 0.295. The van der Waals surface area contributed by atoms with E-state index in [4.69, 9.17) is 5.73 Å². The zero-order valence-corrected chi connectivity index (χ0v) is 12.2. The minimum absolute atomic E-state index is 0.126. The Hall–Kier alpha value is -0.610. The van der Waals surface area contributed by atoms with Crippen LogP contribution in [0.5, 0.6) is 0 Å². The number of hydrogen-bond donors (Lipinski definition) is 1. The predicted molar refractivity (Wildman–Crippen MR) is 75.4 cm³/mol. The van der Waals surface area contributed by atoms with Gasteiger partial charge in [0, 0.05) is 26.1 Å². The molecule has 0 radical (unpaired) electrons. The van der Waals surface area contributed by atoms with Crippen LogP contribution in [0.1, 0.15) is 39.0 Å². The first-order valence-electron chi connectivity index (χ1n) is 7.15. The van der Waals surface area contributed by atoms with Crippen molar-refractivity contribution in [2.75, 3.05) is 40.3 Å². The van der Waals surface area contributed by atoms with Crippen LogP contribution in [0.2, 0.25) is 0 Å². The lowest BCUT2D eigenvalue weighted by Crippen LogP contribution is -2.44. The first-order valence-corrected chi connectivity index (χ1v) is 7.15. The normalized spacial score (nSPS) is 17.6. The van der Waals surface area contributed by atoms with E-state index < -0.39 is 0 Å². The maximum atomic E-state index is 12.4. The second-order valence-electron chi connectivity index (χ2n) is 5.92. The Labute approximate surface area is 111 Å². The standard InChI is InChI=1S/C14H29N3O/c1-4-8-17(10-9-16(2)3)13(18)11-14(12-15)6-5-7-14/h4-12,15H2,1-3H3. The van der Waals surface area contributed by atoms with E-state index in [-0.39, 0.29) is 5.41 Å². The molecule has 1 fully saturated rings. The zero-order chi connectivity index (χ0) is 13.6. The molecule has 0 saturated heterocycles. The molecule has 0 aromatic carbocycles. The van der Waals surface area contributed by atoms with Gasteiger partial charge >= 0.3 is 0 Å². The minimum atomic E-state index is 0.126. The van der Waals surface area contributed by atoms with E-state index in [1.807, 2.05) is 19.0 Å². The van der Waals surface area contributed by atoms with Crippen LogP contribution in [0.15, 0.2) is 0 Å². The zero-order valence-electron chi connectivity index (χ0n) is 12.2. The van der Waals surface area contributed by atoms with E-state index in [1.165, 1.54) is 6.42 Å². The fraction of sp³-hybridized carbons (Fsp3) is 0.929. The van der Waals surface area contributed by atoms with Gasteiger partial charge in [0.05, 0.1) is 0 Å². The van der Waals surface area contributed by atoms with Gasteiger partial charge in [-0.15, -0.1) is 0 Å². The summed E-state index contributed by atoms with van der Waals surface area (Å²) < 4.78 is 0. The van der Waals surface area contributed by atoms with Gasteiger partial charge in [-0.25, -0.2) is 0 Å². The fourth-order valence-corrected chi connectivity index (χ4v) is 2.51. The van der Waals surface area contributed by atoms with Crippen molar-refractivity contribution in [3.05, 3.63) is 0 Å². The maximum absolute atomic E-state index is 12.4. The van der Waals surface area contributed by atoms with Crippen molar-refractivity contribution in [1.82, 2.24) is 9.80 Å². The second-order valence-corrected chi connectivity index (χ2v) is 5.92. The van der Waals surface area contributed by atoms with Gasteiger partial charge in [0.25, 0.3) is 0 Å². The molecule has 0 atom stereocenters. The van der Waals surface area contributed by atoms with Gasteiger partial charge in [-0.2, -0.15) is 0 Å². The van der Waals surface area contributed by atoms with E-state index in [2.05, 4.69) is 11.8 Å². The van der Waals surface area contributed by atoms with Crippen molar-refractivity contribution >= 4 is 5.91 Å². The Bertz CT molecular complexity index is 256. The molecule has 0 bridgehead atoms. The molecular formula is C14H29N3O. The van der Waals surface area contributed by atoms with E-state index >= 15 is 0 Å². The molecule has 0 unspecified atom stereocenters. The largest absolute Gasteiger partial charge is 0.341 e. The van der Waals surface area contributed by atoms with E-state index in [0.717, 1.165) is 38.9 Å². The molecule has 1 rings (SSSR count). The summed E-state index contributed by atoms with van der Waals surface area (Å²) >= 11 is 0. The van der Waals surface area contributed by atoms with Crippen molar-refractivity contribution in [2.45, 2.75) is 39.0 Å². The molecule has 1 saturated carbocycles. The third kappa shape index (κ3) is 4.25. The Morgan fingerprint density at radius 3 is 2.28 bits per heavy atom. The van der Waals surface area contributed by atoms with Crippen LogP contribution < -0.4 is 5.73 Å². The molecule has 0 aromatic heterocycles. The topological polar surface area (TPSA) is 49.6 Å². The average Bonchev–Trinajstić information content (AvgIpc) is 2.28. The van der Waals surface area contributed by atoms with Crippen LogP contribution in [0.4, 0.5) is 0 Å². The SMILES string of the molecule is CCCN(CCN(C)C)C(=O)CC1(CN)CCC1. The van der Waals surface area contributed by atoms with Gasteiger partial charge in [0.2, 0.25) is 5.91 Å². The third-order valence-electron chi connectivity index (χ3n) is 4.04. The Morgan fingerprint density at radius 1 is 1.22 bits per heavy atom. The van der Waals surface area contributed by atoms with Gasteiger partial charge in [-0.05, 0) is 45.3 Å². The molecule has 106 valence electrons. The molecule has 0 aliphatic heterocycles. The van der Waals surface area contributed by atoms with E-state index in [9.17, 15) is 4.79 Å². The number of hydrogen-bond acceptors (Lipinski definition) is 3. The number of nitrogens with zero attached hydrogens (tertiary/aromatic N) is 2. The predicted octanol–water partition coefficient (Wildman–Crippen LogP) is 1.31. The second kappa shape index (κ2) is 7.10. The van der Waals surface area contributed by atoms with Crippen LogP contribution in [-0.2, 0) is 4.79 Å². The van der Waals surface area contributed by atoms with Gasteiger partial charge in [0.15, 0.2) is 0 Å². The molecule has 0 heterocycles. The molecule has 1 aliphatic carbocycles. The fourth-order valence-electron chi connectivity index (χ4n) is 2.51. The highest BCUT2D eigenvalue weighted by Crippen LogP contribution is 2.43. The first kappa shape index (κ1) is 15.4. The molecular weight excluding hydrogens is 226 g/mol. The summed E-state index contributed by atoms with van der Waals surface area (Å²) in [5.41, 5.74) is 5.96. The van der Waals surface area contributed by atoms with Crippen molar-refractivity contribution in [2.24, 2.45) is 11.1 Å². The van der Waals surface area contributed by atoms with Crippen LogP contribution in [0, 0.1) is 5.41 Å². The number of carbonyl (C=O) groups is 1. The third-order valence-corrected chi connectivity index (χ3v) is 4.04. The Kier molecular flexibility index (Phi) is 6.09. The van der Waals surface area contributed by atoms with Crippen LogP contribution >= 0.6 is 0 Å². The van der Waals surface area contributed by atoms with Crippen LogP contribution in [0.3, 0.4) is 0 Å². The molecule has 4 nitrogen and oxygen atoms in total. The van der Waals surface area contributed by atoms with Gasteiger partial charge in [0.1, 0.15) is 0 Å². The van der Waals surface area contributed by atoms with Crippen molar-refractivity contribution < 1.29 is 4.79 Å². The molecule has 4 heteroatoms. The summed E-state index contributed by atoms with van der Waals surface area (Å²) in [6, 6.07) is 0. The molecule has 1 amide bonds. The van der Waals surface area contributed by atoms with Gasteiger partial charge in [-0.3, -0.25) is 4.79 Å². The summed E-state index contributed by atoms with van der Waals surface area (Å²) in [7, 11) is 4.09. The quantitative estimate of drug-likeness (QED) is 0.711. The Balaban J connectivity index is 2.47. The number of likely N-dealkylation sites (N-methyl/N-ethyl adjacent to an activating group) is 1. The number of rotatable bonds is 8. The summed E-state index contributed by atoms with van der Waals surface area (Å²) in [6.07, 6.45) is 5.16. The van der Waals surface area contributed by atoms with Crippen molar-refractivity contribution in [3.8, 4) is 0 Å².